The SMILES string of the molecule is COc1cccc(Cl)c1C(=O)P(=O)(C(=O)c1c(C)cc(C)c(C)c1C)c1ccccc1. The third kappa shape index (κ3) is 3.86. The number of rotatable bonds is 6. The monoisotopic (exact) mass is 454 g/mol. The maximum Gasteiger partial charge on any atom is 0.248 e. The second-order valence-electron chi connectivity index (χ2n) is 7.51. The van der Waals surface area contributed by atoms with Crippen LogP contribution >= 0.6 is 18.7 Å². The summed E-state index contributed by atoms with van der Waals surface area (Å²) in [7, 11) is -2.90. The molecule has 0 aromatic heterocycles. The van der Waals surface area contributed by atoms with E-state index >= 15 is 0 Å². The Morgan fingerprint density at radius 1 is 0.806 bits per heavy atom. The molecule has 0 N–H and O–H groups in total. The van der Waals surface area contributed by atoms with E-state index in [0.29, 0.717) is 11.1 Å². The second kappa shape index (κ2) is 8.82. The zero-order valence-corrected chi connectivity index (χ0v) is 19.8. The standard InChI is InChI=1S/C25H24ClO4P/c1-15-14-16(2)22(18(4)17(15)3)24(27)31(29,19-10-7-6-8-11-19)25(28)23-20(26)12-9-13-21(23)30-5/h6-14H,1-5H3. The fourth-order valence-electron chi connectivity index (χ4n) is 3.77. The molecule has 0 saturated carbocycles. The molecule has 0 bridgehead atoms. The topological polar surface area (TPSA) is 60.4 Å². The maximum absolute atomic E-state index is 14.5. The van der Waals surface area contributed by atoms with E-state index in [2.05, 4.69) is 0 Å². The van der Waals surface area contributed by atoms with Crippen LogP contribution in [0.4, 0.5) is 0 Å². The fraction of sp³-hybridized carbons (Fsp3) is 0.200. The summed E-state index contributed by atoms with van der Waals surface area (Å²) in [5.41, 5.74) is 2.10. The number of ether oxygens (including phenoxy) is 1. The number of carbonyl (C=O) groups is 2. The van der Waals surface area contributed by atoms with Crippen molar-refractivity contribution in [2.75, 3.05) is 7.11 Å². The Labute approximate surface area is 187 Å². The first-order chi connectivity index (χ1) is 14.6. The average molecular weight is 455 g/mol. The smallest absolute Gasteiger partial charge is 0.248 e. The van der Waals surface area contributed by atoms with E-state index in [-0.39, 0.29) is 21.6 Å². The van der Waals surface area contributed by atoms with Crippen LogP contribution in [0.2, 0.25) is 5.02 Å². The van der Waals surface area contributed by atoms with Crippen molar-refractivity contribution >= 4 is 35.1 Å². The zero-order valence-electron chi connectivity index (χ0n) is 18.2. The van der Waals surface area contributed by atoms with Gasteiger partial charge in [0, 0.05) is 10.9 Å². The largest absolute Gasteiger partial charge is 0.496 e. The molecular weight excluding hydrogens is 431 g/mol. The summed E-state index contributed by atoms with van der Waals surface area (Å²) < 4.78 is 19.8. The summed E-state index contributed by atoms with van der Waals surface area (Å²) in [5, 5.41) is 0.255. The lowest BCUT2D eigenvalue weighted by molar-refractivity contribution is 0.103. The molecule has 0 aliphatic heterocycles. The normalized spacial score (nSPS) is 12.8. The quantitative estimate of drug-likeness (QED) is 0.413. The van der Waals surface area contributed by atoms with E-state index in [9.17, 15) is 14.2 Å². The van der Waals surface area contributed by atoms with Crippen molar-refractivity contribution in [3.8, 4) is 5.75 Å². The molecular formula is C25H24ClO4P. The highest BCUT2D eigenvalue weighted by Crippen LogP contribution is 2.54. The molecule has 1 unspecified atom stereocenters. The minimum absolute atomic E-state index is 0.0497. The lowest BCUT2D eigenvalue weighted by atomic mass is 9.95. The summed E-state index contributed by atoms with van der Waals surface area (Å²) in [4.78, 5) is 27.7. The van der Waals surface area contributed by atoms with Gasteiger partial charge in [-0.3, -0.25) is 9.59 Å². The van der Waals surface area contributed by atoms with Crippen LogP contribution in [-0.4, -0.2) is 18.2 Å². The van der Waals surface area contributed by atoms with Gasteiger partial charge in [-0.15, -0.1) is 0 Å². The molecule has 6 heteroatoms. The molecule has 0 amide bonds. The van der Waals surface area contributed by atoms with Crippen molar-refractivity contribution < 1.29 is 18.9 Å². The van der Waals surface area contributed by atoms with Crippen molar-refractivity contribution in [2.45, 2.75) is 27.7 Å². The Bertz CT molecular complexity index is 1230. The van der Waals surface area contributed by atoms with Crippen LogP contribution in [-0.2, 0) is 4.57 Å². The Hall–Kier alpha value is -2.68. The maximum atomic E-state index is 14.5. The van der Waals surface area contributed by atoms with E-state index in [1.54, 1.807) is 49.4 Å². The zero-order chi connectivity index (χ0) is 22.9. The first-order valence-corrected chi connectivity index (χ1v) is 11.9. The summed E-state index contributed by atoms with van der Waals surface area (Å²) >= 11 is 6.32. The molecule has 4 nitrogen and oxygen atoms in total. The molecule has 3 rings (SSSR count). The lowest BCUT2D eigenvalue weighted by Crippen LogP contribution is -2.22. The molecule has 0 saturated heterocycles. The molecule has 0 fully saturated rings. The van der Waals surface area contributed by atoms with E-state index in [1.165, 1.54) is 13.2 Å². The first-order valence-electron chi connectivity index (χ1n) is 9.80. The van der Waals surface area contributed by atoms with Crippen molar-refractivity contribution in [2.24, 2.45) is 0 Å². The Morgan fingerprint density at radius 3 is 2.03 bits per heavy atom. The van der Waals surface area contributed by atoms with Crippen molar-refractivity contribution in [1.82, 2.24) is 0 Å². The van der Waals surface area contributed by atoms with Crippen LogP contribution in [0.1, 0.15) is 43.0 Å². The van der Waals surface area contributed by atoms with Crippen LogP contribution in [0.25, 0.3) is 0 Å². The number of benzene rings is 3. The first kappa shape index (κ1) is 23.0. The molecule has 0 radical (unpaired) electrons. The molecule has 1 atom stereocenters. The predicted octanol–water partition coefficient (Wildman–Crippen LogP) is 6.25. The van der Waals surface area contributed by atoms with Crippen molar-refractivity contribution in [3.63, 3.8) is 0 Å². The molecule has 0 aliphatic carbocycles. The highest BCUT2D eigenvalue weighted by atomic mass is 35.5. The minimum Gasteiger partial charge on any atom is -0.496 e. The molecule has 0 aliphatic rings. The van der Waals surface area contributed by atoms with Gasteiger partial charge in [0.25, 0.3) is 0 Å². The molecule has 160 valence electrons. The fourth-order valence-corrected chi connectivity index (χ4v) is 6.54. The van der Waals surface area contributed by atoms with Crippen molar-refractivity contribution in [3.05, 3.63) is 93.0 Å². The molecule has 3 aromatic rings. The van der Waals surface area contributed by atoms with Crippen LogP contribution in [0.5, 0.6) is 5.75 Å². The van der Waals surface area contributed by atoms with Crippen LogP contribution in [0, 0.1) is 27.7 Å². The predicted molar refractivity (Wildman–Crippen MR) is 126 cm³/mol. The van der Waals surface area contributed by atoms with Gasteiger partial charge in [0.15, 0.2) is 0 Å². The van der Waals surface area contributed by atoms with Gasteiger partial charge >= 0.3 is 0 Å². The number of aryl methyl sites for hydroxylation is 2. The van der Waals surface area contributed by atoms with Gasteiger partial charge in [-0.2, -0.15) is 0 Å². The van der Waals surface area contributed by atoms with Gasteiger partial charge in [-0.1, -0.05) is 54.1 Å². The molecule has 0 spiro atoms. The third-order valence-electron chi connectivity index (χ3n) is 5.67. The second-order valence-corrected chi connectivity index (χ2v) is 10.5. The van der Waals surface area contributed by atoms with E-state index in [1.807, 2.05) is 26.8 Å². The van der Waals surface area contributed by atoms with Crippen molar-refractivity contribution in [1.29, 1.82) is 0 Å². The van der Waals surface area contributed by atoms with Gasteiger partial charge in [0.05, 0.1) is 17.7 Å². The number of hydrogen-bond acceptors (Lipinski definition) is 4. The summed E-state index contributed by atoms with van der Waals surface area (Å²) in [5.74, 6) is 0.176. The van der Waals surface area contributed by atoms with E-state index in [0.717, 1.165) is 16.7 Å². The number of halogens is 1. The molecule has 0 heterocycles. The number of methoxy groups -OCH3 is 1. The average Bonchev–Trinajstić information content (AvgIpc) is 2.76. The van der Waals surface area contributed by atoms with Gasteiger partial charge < -0.3 is 9.30 Å². The Morgan fingerprint density at radius 2 is 1.42 bits per heavy atom. The summed E-state index contributed by atoms with van der Waals surface area (Å²) in [6, 6.07) is 14.7. The summed E-state index contributed by atoms with van der Waals surface area (Å²) in [6.45, 7) is 7.48. The highest BCUT2D eigenvalue weighted by molar-refractivity contribution is 8.01. The highest BCUT2D eigenvalue weighted by Gasteiger charge is 2.45. The van der Waals surface area contributed by atoms with Gasteiger partial charge in [-0.25, -0.2) is 0 Å². The number of hydrogen-bond donors (Lipinski definition) is 0. The third-order valence-corrected chi connectivity index (χ3v) is 8.60. The summed E-state index contributed by atoms with van der Waals surface area (Å²) in [6.07, 6.45) is 0. The van der Waals surface area contributed by atoms with Crippen LogP contribution in [0.3, 0.4) is 0 Å². The molecule has 3 aromatic carbocycles. The van der Waals surface area contributed by atoms with E-state index < -0.39 is 18.2 Å². The minimum atomic E-state index is -4.30. The van der Waals surface area contributed by atoms with E-state index in [4.69, 9.17) is 16.3 Å². The molecule has 31 heavy (non-hydrogen) atoms. The van der Waals surface area contributed by atoms with Gasteiger partial charge in [0.1, 0.15) is 5.75 Å². The Kier molecular flexibility index (Phi) is 6.54. The Balaban J connectivity index is 2.34. The van der Waals surface area contributed by atoms with Crippen LogP contribution < -0.4 is 10.0 Å². The van der Waals surface area contributed by atoms with Gasteiger partial charge in [0.2, 0.25) is 18.2 Å². The van der Waals surface area contributed by atoms with Gasteiger partial charge in [-0.05, 0) is 62.1 Å². The lowest BCUT2D eigenvalue weighted by Gasteiger charge is -2.21. The number of carbonyl (C=O) groups excluding carboxylic acids is 2. The van der Waals surface area contributed by atoms with Crippen LogP contribution in [0.15, 0.2) is 54.6 Å².